The lowest BCUT2D eigenvalue weighted by molar-refractivity contribution is -0.137. The highest BCUT2D eigenvalue weighted by Crippen LogP contribution is 2.30. The van der Waals surface area contributed by atoms with Crippen LogP contribution in [0.2, 0.25) is 0 Å². The van der Waals surface area contributed by atoms with Crippen molar-refractivity contribution in [2.24, 2.45) is 0 Å². The Morgan fingerprint density at radius 2 is 2.12 bits per heavy atom. The van der Waals surface area contributed by atoms with Gasteiger partial charge in [0.1, 0.15) is 0 Å². The van der Waals surface area contributed by atoms with Gasteiger partial charge in [0.25, 0.3) is 0 Å². The monoisotopic (exact) mass is 229 g/mol. The van der Waals surface area contributed by atoms with Gasteiger partial charge in [0.15, 0.2) is 0 Å². The predicted molar refractivity (Wildman–Crippen MR) is 54.1 cm³/mol. The maximum absolute atomic E-state index is 12.5. The molecule has 0 bridgehead atoms. The second-order valence-electron chi connectivity index (χ2n) is 3.75. The molecule has 1 atom stereocenters. The van der Waals surface area contributed by atoms with Gasteiger partial charge in [-0.3, -0.25) is 0 Å². The third kappa shape index (κ3) is 2.54. The van der Waals surface area contributed by atoms with Gasteiger partial charge >= 0.3 is 6.18 Å². The lowest BCUT2D eigenvalue weighted by Gasteiger charge is -2.23. The summed E-state index contributed by atoms with van der Waals surface area (Å²) in [7, 11) is 0. The summed E-state index contributed by atoms with van der Waals surface area (Å²) in [6.45, 7) is 2.07. The van der Waals surface area contributed by atoms with Gasteiger partial charge < -0.3 is 5.32 Å². The number of nitrogens with zero attached hydrogens (tertiary/aromatic N) is 1. The van der Waals surface area contributed by atoms with Gasteiger partial charge in [-0.25, -0.2) is 5.32 Å². The Hall–Kier alpha value is -1.07. The molecular formula is C11H12F3N2. The molecule has 0 amide bonds. The zero-order valence-electron chi connectivity index (χ0n) is 8.59. The van der Waals surface area contributed by atoms with E-state index in [9.17, 15) is 13.2 Å². The molecular weight excluding hydrogens is 217 g/mol. The molecule has 1 N–H and O–H groups in total. The first-order valence-corrected chi connectivity index (χ1v) is 5.12. The van der Waals surface area contributed by atoms with Crippen LogP contribution in [0.15, 0.2) is 24.3 Å². The average molecular weight is 229 g/mol. The summed E-state index contributed by atoms with van der Waals surface area (Å²) < 4.78 is 37.5. The standard InChI is InChI=1S/C11H12F3N2/c12-11(13,14)9-3-1-2-8(6-9)10-7-15-4-5-16-10/h1-3,6,10,15H,4-5,7H2. The van der Waals surface area contributed by atoms with Crippen LogP contribution in [-0.2, 0) is 6.18 Å². The lowest BCUT2D eigenvalue weighted by atomic mass is 10.0. The molecule has 1 aromatic carbocycles. The van der Waals surface area contributed by atoms with Crippen LogP contribution in [-0.4, -0.2) is 19.6 Å². The minimum absolute atomic E-state index is 0.156. The van der Waals surface area contributed by atoms with E-state index in [0.717, 1.165) is 12.6 Å². The third-order valence-corrected chi connectivity index (χ3v) is 2.57. The number of hydrogen-bond donors (Lipinski definition) is 1. The van der Waals surface area contributed by atoms with E-state index in [4.69, 9.17) is 0 Å². The molecule has 1 fully saturated rings. The molecule has 2 rings (SSSR count). The van der Waals surface area contributed by atoms with E-state index in [2.05, 4.69) is 10.6 Å². The number of hydrogen-bond acceptors (Lipinski definition) is 1. The predicted octanol–water partition coefficient (Wildman–Crippen LogP) is 1.95. The average Bonchev–Trinajstić information content (AvgIpc) is 2.29. The minimum atomic E-state index is -4.28. The molecule has 5 heteroatoms. The smallest absolute Gasteiger partial charge is 0.313 e. The summed E-state index contributed by atoms with van der Waals surface area (Å²) >= 11 is 0. The second kappa shape index (κ2) is 4.43. The van der Waals surface area contributed by atoms with Crippen LogP contribution in [0.5, 0.6) is 0 Å². The topological polar surface area (TPSA) is 26.1 Å². The molecule has 1 aromatic rings. The van der Waals surface area contributed by atoms with Crippen molar-refractivity contribution in [2.45, 2.75) is 12.2 Å². The molecule has 0 aliphatic carbocycles. The number of benzene rings is 1. The molecule has 0 saturated carbocycles. The number of nitrogens with one attached hydrogen (secondary N) is 1. The van der Waals surface area contributed by atoms with Gasteiger partial charge in [0.05, 0.1) is 11.6 Å². The van der Waals surface area contributed by atoms with E-state index >= 15 is 0 Å². The van der Waals surface area contributed by atoms with Crippen molar-refractivity contribution in [3.05, 3.63) is 35.4 Å². The van der Waals surface area contributed by atoms with Gasteiger partial charge in [-0.1, -0.05) is 12.1 Å². The molecule has 1 heterocycles. The Bertz CT molecular complexity index is 356. The van der Waals surface area contributed by atoms with Crippen LogP contribution < -0.4 is 10.6 Å². The minimum Gasteiger partial charge on any atom is -0.313 e. The van der Waals surface area contributed by atoms with Crippen LogP contribution >= 0.6 is 0 Å². The number of halogens is 3. The van der Waals surface area contributed by atoms with Crippen LogP contribution in [0, 0.1) is 0 Å². The lowest BCUT2D eigenvalue weighted by Crippen LogP contribution is -2.38. The Morgan fingerprint density at radius 1 is 1.31 bits per heavy atom. The summed E-state index contributed by atoms with van der Waals surface area (Å²) in [5.41, 5.74) is 0.0211. The summed E-state index contributed by atoms with van der Waals surface area (Å²) in [6, 6.07) is 5.23. The number of piperazine rings is 1. The van der Waals surface area contributed by atoms with Gasteiger partial charge in [-0.2, -0.15) is 13.2 Å². The summed E-state index contributed by atoms with van der Waals surface area (Å²) in [6.07, 6.45) is -4.28. The first kappa shape index (κ1) is 11.4. The van der Waals surface area contributed by atoms with E-state index in [1.807, 2.05) is 0 Å². The van der Waals surface area contributed by atoms with Gasteiger partial charge in [-0.15, -0.1) is 0 Å². The van der Waals surface area contributed by atoms with Crippen LogP contribution in [0.3, 0.4) is 0 Å². The molecule has 87 valence electrons. The number of rotatable bonds is 1. The molecule has 2 nitrogen and oxygen atoms in total. The zero-order chi connectivity index (χ0) is 11.6. The summed E-state index contributed by atoms with van der Waals surface area (Å²) in [4.78, 5) is 0. The number of alkyl halides is 3. The Labute approximate surface area is 91.8 Å². The fourth-order valence-electron chi connectivity index (χ4n) is 1.75. The van der Waals surface area contributed by atoms with Crippen molar-refractivity contribution in [2.75, 3.05) is 19.6 Å². The highest BCUT2D eigenvalue weighted by Gasteiger charge is 2.31. The van der Waals surface area contributed by atoms with Crippen molar-refractivity contribution >= 4 is 0 Å². The Morgan fingerprint density at radius 3 is 2.75 bits per heavy atom. The zero-order valence-corrected chi connectivity index (χ0v) is 8.59. The largest absolute Gasteiger partial charge is 0.416 e. The van der Waals surface area contributed by atoms with Crippen molar-refractivity contribution in [3.8, 4) is 0 Å². The van der Waals surface area contributed by atoms with E-state index in [0.29, 0.717) is 18.7 Å². The molecule has 1 aliphatic rings. The molecule has 1 saturated heterocycles. The first-order chi connectivity index (χ1) is 7.57. The molecule has 1 unspecified atom stereocenters. The highest BCUT2D eigenvalue weighted by atomic mass is 19.4. The van der Waals surface area contributed by atoms with Crippen LogP contribution in [0.1, 0.15) is 17.2 Å². The Balaban J connectivity index is 2.21. The normalized spacial score (nSPS) is 22.1. The molecule has 1 aliphatic heterocycles. The van der Waals surface area contributed by atoms with Crippen LogP contribution in [0.4, 0.5) is 13.2 Å². The van der Waals surface area contributed by atoms with Crippen molar-refractivity contribution in [3.63, 3.8) is 0 Å². The van der Waals surface area contributed by atoms with Crippen LogP contribution in [0.25, 0.3) is 0 Å². The van der Waals surface area contributed by atoms with Crippen molar-refractivity contribution in [1.29, 1.82) is 0 Å². The van der Waals surface area contributed by atoms with Crippen molar-refractivity contribution in [1.82, 2.24) is 10.6 Å². The molecule has 0 aromatic heterocycles. The fourth-order valence-corrected chi connectivity index (χ4v) is 1.75. The van der Waals surface area contributed by atoms with Gasteiger partial charge in [0, 0.05) is 19.6 Å². The molecule has 1 radical (unpaired) electrons. The molecule has 16 heavy (non-hydrogen) atoms. The molecule has 0 spiro atoms. The van der Waals surface area contributed by atoms with Crippen molar-refractivity contribution < 1.29 is 13.2 Å². The van der Waals surface area contributed by atoms with Gasteiger partial charge in [-0.05, 0) is 17.7 Å². The van der Waals surface area contributed by atoms with E-state index in [-0.39, 0.29) is 6.04 Å². The summed E-state index contributed by atoms with van der Waals surface area (Å²) in [5.74, 6) is 0. The SMILES string of the molecule is FC(F)(F)c1cccc(C2CNCC[N]2)c1. The highest BCUT2D eigenvalue weighted by molar-refractivity contribution is 5.28. The van der Waals surface area contributed by atoms with E-state index in [1.165, 1.54) is 12.1 Å². The van der Waals surface area contributed by atoms with Gasteiger partial charge in [0.2, 0.25) is 0 Å². The maximum Gasteiger partial charge on any atom is 0.416 e. The first-order valence-electron chi connectivity index (χ1n) is 5.12. The maximum atomic E-state index is 12.5. The van der Waals surface area contributed by atoms with E-state index in [1.54, 1.807) is 6.07 Å². The fraction of sp³-hybridized carbons (Fsp3) is 0.455. The third-order valence-electron chi connectivity index (χ3n) is 2.57. The quantitative estimate of drug-likeness (QED) is 0.782. The van der Waals surface area contributed by atoms with E-state index < -0.39 is 11.7 Å². The Kier molecular flexibility index (Phi) is 3.16. The second-order valence-corrected chi connectivity index (χ2v) is 3.75. The summed E-state index contributed by atoms with van der Waals surface area (Å²) in [5, 5.41) is 7.41.